The van der Waals surface area contributed by atoms with E-state index >= 15 is 0 Å². The summed E-state index contributed by atoms with van der Waals surface area (Å²) in [4.78, 5) is 10.8. The first kappa shape index (κ1) is 11.4. The standard InChI is InChI=1S/C8H11F2N3O2/c1-5(14)11-6-3-13(4-7(9)10)12-8(6)15-2/h3,7H,4H2,1-2H3,(H,11,14). The third-order valence-electron chi connectivity index (χ3n) is 1.56. The number of rotatable bonds is 4. The lowest BCUT2D eigenvalue weighted by Crippen LogP contribution is -2.07. The van der Waals surface area contributed by atoms with Crippen molar-refractivity contribution in [2.45, 2.75) is 19.9 Å². The summed E-state index contributed by atoms with van der Waals surface area (Å²) in [5.74, 6) is -0.198. The fourth-order valence-electron chi connectivity index (χ4n) is 1.06. The number of hydrogen-bond donors (Lipinski definition) is 1. The molecule has 1 rings (SSSR count). The second-order valence-corrected chi connectivity index (χ2v) is 2.85. The van der Waals surface area contributed by atoms with Crippen molar-refractivity contribution in [3.05, 3.63) is 6.20 Å². The SMILES string of the molecule is COc1nn(CC(F)F)cc1NC(C)=O. The van der Waals surface area contributed by atoms with Gasteiger partial charge >= 0.3 is 0 Å². The Hall–Kier alpha value is -1.66. The van der Waals surface area contributed by atoms with Gasteiger partial charge in [-0.25, -0.2) is 8.78 Å². The number of halogens is 2. The molecule has 1 aromatic heterocycles. The predicted octanol–water partition coefficient (Wildman–Crippen LogP) is 1.12. The minimum atomic E-state index is -2.50. The van der Waals surface area contributed by atoms with Gasteiger partial charge in [-0.3, -0.25) is 9.48 Å². The molecule has 0 aromatic carbocycles. The van der Waals surface area contributed by atoms with Crippen LogP contribution in [0.15, 0.2) is 6.20 Å². The van der Waals surface area contributed by atoms with E-state index in [2.05, 4.69) is 10.4 Å². The van der Waals surface area contributed by atoms with E-state index in [0.29, 0.717) is 0 Å². The Bertz CT molecular complexity index is 352. The van der Waals surface area contributed by atoms with E-state index < -0.39 is 13.0 Å². The molecule has 1 amide bonds. The van der Waals surface area contributed by atoms with Gasteiger partial charge in [0.1, 0.15) is 12.2 Å². The van der Waals surface area contributed by atoms with E-state index in [4.69, 9.17) is 4.74 Å². The van der Waals surface area contributed by atoms with Crippen molar-refractivity contribution in [3.8, 4) is 5.88 Å². The van der Waals surface area contributed by atoms with Gasteiger partial charge in [0, 0.05) is 6.92 Å². The number of anilines is 1. The first-order valence-electron chi connectivity index (χ1n) is 4.20. The Morgan fingerprint density at radius 1 is 1.73 bits per heavy atom. The highest BCUT2D eigenvalue weighted by Gasteiger charge is 2.12. The monoisotopic (exact) mass is 219 g/mol. The number of nitrogens with zero attached hydrogens (tertiary/aromatic N) is 2. The van der Waals surface area contributed by atoms with Gasteiger partial charge in [-0.15, -0.1) is 5.10 Å². The number of aromatic nitrogens is 2. The molecule has 0 spiro atoms. The average molecular weight is 219 g/mol. The minimum absolute atomic E-state index is 0.117. The van der Waals surface area contributed by atoms with Crippen LogP contribution in [0, 0.1) is 0 Å². The Morgan fingerprint density at radius 2 is 2.40 bits per heavy atom. The van der Waals surface area contributed by atoms with Crippen LogP contribution in [0.2, 0.25) is 0 Å². The maximum absolute atomic E-state index is 12.0. The lowest BCUT2D eigenvalue weighted by Gasteiger charge is -1.98. The zero-order valence-electron chi connectivity index (χ0n) is 8.33. The molecule has 0 aliphatic carbocycles. The summed E-state index contributed by atoms with van der Waals surface area (Å²) in [6.45, 7) is 0.778. The summed E-state index contributed by atoms with van der Waals surface area (Å²) in [6.07, 6.45) is -1.20. The molecule has 1 aromatic rings. The van der Waals surface area contributed by atoms with Crippen molar-refractivity contribution in [3.63, 3.8) is 0 Å². The summed E-state index contributed by atoms with van der Waals surface area (Å²) in [6, 6.07) is 0. The summed E-state index contributed by atoms with van der Waals surface area (Å²) in [5, 5.41) is 6.15. The number of alkyl halides is 2. The molecule has 0 atom stereocenters. The maximum Gasteiger partial charge on any atom is 0.257 e. The smallest absolute Gasteiger partial charge is 0.257 e. The van der Waals surface area contributed by atoms with Gasteiger partial charge < -0.3 is 10.1 Å². The number of methoxy groups -OCH3 is 1. The average Bonchev–Trinajstić information content (AvgIpc) is 2.45. The van der Waals surface area contributed by atoms with Gasteiger partial charge in [0.25, 0.3) is 12.3 Å². The third-order valence-corrected chi connectivity index (χ3v) is 1.56. The molecule has 0 unspecified atom stereocenters. The van der Waals surface area contributed by atoms with Crippen molar-refractivity contribution in [1.29, 1.82) is 0 Å². The zero-order valence-corrected chi connectivity index (χ0v) is 8.33. The molecule has 1 N–H and O–H groups in total. The summed E-state index contributed by atoms with van der Waals surface area (Å²) < 4.78 is 29.9. The molecule has 0 saturated carbocycles. The topological polar surface area (TPSA) is 56.1 Å². The van der Waals surface area contributed by atoms with Crippen molar-refractivity contribution in [2.24, 2.45) is 0 Å². The highest BCUT2D eigenvalue weighted by Crippen LogP contribution is 2.21. The Kier molecular flexibility index (Phi) is 3.59. The first-order chi connectivity index (χ1) is 7.02. The van der Waals surface area contributed by atoms with Crippen LogP contribution in [0.25, 0.3) is 0 Å². The van der Waals surface area contributed by atoms with Crippen molar-refractivity contribution < 1.29 is 18.3 Å². The molecule has 5 nitrogen and oxygen atoms in total. The molecule has 0 aliphatic rings. The van der Waals surface area contributed by atoms with Crippen LogP contribution in [0.5, 0.6) is 5.88 Å². The van der Waals surface area contributed by atoms with Crippen LogP contribution in [-0.2, 0) is 11.3 Å². The van der Waals surface area contributed by atoms with Gasteiger partial charge in [0.05, 0.1) is 13.3 Å². The molecule has 1 heterocycles. The van der Waals surface area contributed by atoms with Crippen LogP contribution in [0.3, 0.4) is 0 Å². The second-order valence-electron chi connectivity index (χ2n) is 2.85. The molecular weight excluding hydrogens is 208 g/mol. The fraction of sp³-hybridized carbons (Fsp3) is 0.500. The Labute approximate surface area is 85.0 Å². The summed E-state index contributed by atoms with van der Waals surface area (Å²) in [7, 11) is 1.35. The normalized spacial score (nSPS) is 10.5. The molecule has 7 heteroatoms. The van der Waals surface area contributed by atoms with Crippen LogP contribution >= 0.6 is 0 Å². The Morgan fingerprint density at radius 3 is 2.87 bits per heavy atom. The van der Waals surface area contributed by atoms with Gasteiger partial charge in [-0.1, -0.05) is 0 Å². The molecule has 0 radical (unpaired) electrons. The van der Waals surface area contributed by atoms with Gasteiger partial charge in [-0.2, -0.15) is 0 Å². The van der Waals surface area contributed by atoms with E-state index in [9.17, 15) is 13.6 Å². The summed E-state index contributed by atoms with van der Waals surface area (Å²) in [5.41, 5.74) is 0.283. The van der Waals surface area contributed by atoms with Crippen molar-refractivity contribution >= 4 is 11.6 Å². The van der Waals surface area contributed by atoms with Gasteiger partial charge in [-0.05, 0) is 0 Å². The number of carbonyl (C=O) groups is 1. The van der Waals surface area contributed by atoms with E-state index in [1.54, 1.807) is 0 Å². The highest BCUT2D eigenvalue weighted by molar-refractivity contribution is 5.89. The molecule has 0 fully saturated rings. The first-order valence-corrected chi connectivity index (χ1v) is 4.20. The zero-order chi connectivity index (χ0) is 11.4. The number of nitrogens with one attached hydrogen (secondary N) is 1. The lowest BCUT2D eigenvalue weighted by atomic mass is 10.5. The fourth-order valence-corrected chi connectivity index (χ4v) is 1.06. The second kappa shape index (κ2) is 4.72. The Balaban J connectivity index is 2.84. The minimum Gasteiger partial charge on any atom is -0.478 e. The predicted molar refractivity (Wildman–Crippen MR) is 49.1 cm³/mol. The van der Waals surface area contributed by atoms with E-state index in [0.717, 1.165) is 4.68 Å². The highest BCUT2D eigenvalue weighted by atomic mass is 19.3. The van der Waals surface area contributed by atoms with Gasteiger partial charge in [0.2, 0.25) is 5.91 Å². The number of amides is 1. The number of carbonyl (C=O) groups excluding carboxylic acids is 1. The lowest BCUT2D eigenvalue weighted by molar-refractivity contribution is -0.114. The number of hydrogen-bond acceptors (Lipinski definition) is 3. The maximum atomic E-state index is 12.0. The van der Waals surface area contributed by atoms with Crippen LogP contribution in [-0.4, -0.2) is 29.2 Å². The van der Waals surface area contributed by atoms with Crippen LogP contribution < -0.4 is 10.1 Å². The van der Waals surface area contributed by atoms with Crippen LogP contribution in [0.1, 0.15) is 6.92 Å². The molecular formula is C8H11F2N3O2. The van der Waals surface area contributed by atoms with Crippen molar-refractivity contribution in [1.82, 2.24) is 9.78 Å². The largest absolute Gasteiger partial charge is 0.478 e. The molecule has 15 heavy (non-hydrogen) atoms. The van der Waals surface area contributed by atoms with E-state index in [-0.39, 0.29) is 17.5 Å². The van der Waals surface area contributed by atoms with E-state index in [1.807, 2.05) is 0 Å². The molecule has 0 bridgehead atoms. The summed E-state index contributed by atoms with van der Waals surface area (Å²) >= 11 is 0. The van der Waals surface area contributed by atoms with E-state index in [1.165, 1.54) is 20.2 Å². The quantitative estimate of drug-likeness (QED) is 0.825. The van der Waals surface area contributed by atoms with Crippen molar-refractivity contribution in [2.75, 3.05) is 12.4 Å². The third kappa shape index (κ3) is 3.19. The molecule has 0 aliphatic heterocycles. The van der Waals surface area contributed by atoms with Crippen LogP contribution in [0.4, 0.5) is 14.5 Å². The van der Waals surface area contributed by atoms with Gasteiger partial charge in [0.15, 0.2) is 0 Å². The number of ether oxygens (including phenoxy) is 1. The molecule has 84 valence electrons. The molecule has 0 saturated heterocycles.